The first-order valence-electron chi connectivity index (χ1n) is 11.8. The van der Waals surface area contributed by atoms with Gasteiger partial charge >= 0.3 is 6.09 Å². The summed E-state index contributed by atoms with van der Waals surface area (Å²) in [7, 11) is 0. The van der Waals surface area contributed by atoms with Gasteiger partial charge in [0.15, 0.2) is 6.23 Å². The standard InChI is InChI=1S/C25H23Cl2N7O3/c26-17-11-30-12-18(27)21(17)23(28)36-15-2-3-19-16(9-15)22(33-32-19)14-1-4-20(31-10-14)34-13-25(37-24(34)35)5-7-29-8-6-25/h1-4,9-12,23,29H,5-8,13,28H2,(H,32,33)/t23-/m0/s1. The number of hydrogen-bond acceptors (Lipinski definition) is 8. The molecule has 1 atom stereocenters. The summed E-state index contributed by atoms with van der Waals surface area (Å²) in [5.74, 6) is 1.06. The molecule has 4 N–H and O–H groups in total. The molecule has 0 aliphatic carbocycles. The molecule has 5 heterocycles. The van der Waals surface area contributed by atoms with Gasteiger partial charge in [0.2, 0.25) is 0 Å². The van der Waals surface area contributed by atoms with Crippen LogP contribution in [0.1, 0.15) is 24.6 Å². The van der Waals surface area contributed by atoms with Crippen LogP contribution < -0.4 is 20.7 Å². The smallest absolute Gasteiger partial charge is 0.416 e. The van der Waals surface area contributed by atoms with Gasteiger partial charge in [-0.05, 0) is 43.4 Å². The minimum absolute atomic E-state index is 0.323. The van der Waals surface area contributed by atoms with Gasteiger partial charge in [0.25, 0.3) is 0 Å². The molecule has 0 radical (unpaired) electrons. The summed E-state index contributed by atoms with van der Waals surface area (Å²) in [5, 5.41) is 12.3. The Morgan fingerprint density at radius 3 is 2.62 bits per heavy atom. The van der Waals surface area contributed by atoms with Crippen LogP contribution in [0.5, 0.6) is 5.75 Å². The summed E-state index contributed by atoms with van der Waals surface area (Å²) in [6, 6.07) is 9.16. The van der Waals surface area contributed by atoms with Crippen LogP contribution in [-0.4, -0.2) is 51.5 Å². The van der Waals surface area contributed by atoms with Crippen LogP contribution in [-0.2, 0) is 4.74 Å². The van der Waals surface area contributed by atoms with Crippen LogP contribution in [0.4, 0.5) is 10.6 Å². The fourth-order valence-corrected chi connectivity index (χ4v) is 5.39. The van der Waals surface area contributed by atoms with Crippen molar-refractivity contribution in [2.45, 2.75) is 24.7 Å². The van der Waals surface area contributed by atoms with E-state index in [9.17, 15) is 4.79 Å². The van der Waals surface area contributed by atoms with Crippen molar-refractivity contribution in [3.63, 3.8) is 0 Å². The topological polar surface area (TPSA) is 131 Å². The van der Waals surface area contributed by atoms with Crippen molar-refractivity contribution in [2.75, 3.05) is 24.5 Å². The normalized spacial score (nSPS) is 17.8. The predicted molar refractivity (Wildman–Crippen MR) is 140 cm³/mol. The maximum absolute atomic E-state index is 12.6. The molecule has 2 saturated heterocycles. The zero-order valence-electron chi connectivity index (χ0n) is 19.6. The van der Waals surface area contributed by atoms with E-state index in [-0.39, 0.29) is 6.09 Å². The second-order valence-electron chi connectivity index (χ2n) is 9.13. The number of carbonyl (C=O) groups excluding carboxylic acids is 1. The molecule has 1 amide bonds. The van der Waals surface area contributed by atoms with Gasteiger partial charge in [0.1, 0.15) is 22.9 Å². The van der Waals surface area contributed by atoms with Gasteiger partial charge in [0.05, 0.1) is 22.1 Å². The summed E-state index contributed by atoms with van der Waals surface area (Å²) in [4.78, 5) is 22.7. The minimum atomic E-state index is -0.889. The fourth-order valence-electron chi connectivity index (χ4n) is 4.81. The van der Waals surface area contributed by atoms with Gasteiger partial charge < -0.3 is 14.8 Å². The summed E-state index contributed by atoms with van der Waals surface area (Å²) >= 11 is 12.4. The summed E-state index contributed by atoms with van der Waals surface area (Å²) in [6.45, 7) is 2.16. The summed E-state index contributed by atoms with van der Waals surface area (Å²) in [5.41, 5.74) is 8.53. The maximum atomic E-state index is 12.6. The fraction of sp³-hybridized carbons (Fsp3) is 0.280. The van der Waals surface area contributed by atoms with Gasteiger partial charge in [-0.2, -0.15) is 5.10 Å². The Labute approximate surface area is 222 Å². The Morgan fingerprint density at radius 1 is 1.11 bits per heavy atom. The average Bonchev–Trinajstić information content (AvgIpc) is 3.45. The first-order valence-corrected chi connectivity index (χ1v) is 12.5. The Kier molecular flexibility index (Phi) is 6.12. The molecule has 10 nitrogen and oxygen atoms in total. The third kappa shape index (κ3) is 4.46. The van der Waals surface area contributed by atoms with Gasteiger partial charge in [-0.25, -0.2) is 9.78 Å². The lowest BCUT2D eigenvalue weighted by atomic mass is 9.92. The highest BCUT2D eigenvalue weighted by Crippen LogP contribution is 2.36. The van der Waals surface area contributed by atoms with Gasteiger partial charge in [-0.15, -0.1) is 0 Å². The highest BCUT2D eigenvalue weighted by molar-refractivity contribution is 6.35. The van der Waals surface area contributed by atoms with E-state index in [4.69, 9.17) is 38.4 Å². The van der Waals surface area contributed by atoms with Crippen molar-refractivity contribution in [3.05, 3.63) is 64.5 Å². The van der Waals surface area contributed by atoms with Gasteiger partial charge in [-0.3, -0.25) is 20.7 Å². The molecule has 190 valence electrons. The highest BCUT2D eigenvalue weighted by atomic mass is 35.5. The summed E-state index contributed by atoms with van der Waals surface area (Å²) in [6.07, 6.45) is 4.96. The number of H-pyrrole nitrogens is 1. The zero-order valence-corrected chi connectivity index (χ0v) is 21.1. The first kappa shape index (κ1) is 23.9. The maximum Gasteiger partial charge on any atom is 0.416 e. The number of rotatable bonds is 5. The number of piperidine rings is 1. The van der Waals surface area contributed by atoms with Gasteiger partial charge in [-0.1, -0.05) is 23.2 Å². The number of aromatic amines is 1. The number of nitrogens with two attached hydrogens (primary N) is 1. The molecule has 1 aromatic carbocycles. The van der Waals surface area contributed by atoms with Crippen molar-refractivity contribution >= 4 is 46.0 Å². The number of ether oxygens (including phenoxy) is 2. The molecule has 3 aromatic heterocycles. The molecule has 0 bridgehead atoms. The van der Waals surface area contributed by atoms with E-state index in [0.29, 0.717) is 39.4 Å². The number of fused-ring (bicyclic) bond motifs is 1. The molecule has 2 aliphatic rings. The van der Waals surface area contributed by atoms with Crippen molar-refractivity contribution in [2.24, 2.45) is 5.73 Å². The van der Waals surface area contributed by atoms with Crippen LogP contribution in [0.3, 0.4) is 0 Å². The molecule has 2 fully saturated rings. The lowest BCUT2D eigenvalue weighted by Gasteiger charge is -2.31. The van der Waals surface area contributed by atoms with Crippen molar-refractivity contribution in [1.82, 2.24) is 25.5 Å². The van der Waals surface area contributed by atoms with E-state index < -0.39 is 11.8 Å². The van der Waals surface area contributed by atoms with E-state index in [2.05, 4.69) is 25.5 Å². The SMILES string of the molecule is N[C@@H](Oc1ccc2[nH]nc(-c3ccc(N4CC5(CCNCC5)OC4=O)nc3)c2c1)c1c(Cl)cncc1Cl. The van der Waals surface area contributed by atoms with E-state index >= 15 is 0 Å². The van der Waals surface area contributed by atoms with Gasteiger partial charge in [0, 0.05) is 47.9 Å². The Bertz CT molecular complexity index is 1450. The molecule has 6 rings (SSSR count). The molecule has 0 unspecified atom stereocenters. The van der Waals surface area contributed by atoms with Crippen LogP contribution in [0.2, 0.25) is 10.0 Å². The third-order valence-electron chi connectivity index (χ3n) is 6.76. The first-order chi connectivity index (χ1) is 17.9. The van der Waals surface area contributed by atoms with Crippen molar-refractivity contribution in [3.8, 4) is 17.0 Å². The monoisotopic (exact) mass is 539 g/mol. The van der Waals surface area contributed by atoms with E-state index in [0.717, 1.165) is 42.4 Å². The van der Waals surface area contributed by atoms with Crippen LogP contribution in [0.25, 0.3) is 22.2 Å². The van der Waals surface area contributed by atoms with E-state index in [1.807, 2.05) is 18.2 Å². The quantitative estimate of drug-likeness (QED) is 0.317. The second-order valence-corrected chi connectivity index (χ2v) is 9.94. The predicted octanol–water partition coefficient (Wildman–Crippen LogP) is 4.44. The average molecular weight is 540 g/mol. The molecule has 37 heavy (non-hydrogen) atoms. The highest BCUT2D eigenvalue weighted by Gasteiger charge is 2.46. The zero-order chi connectivity index (χ0) is 25.6. The number of halogens is 2. The summed E-state index contributed by atoms with van der Waals surface area (Å²) < 4.78 is 11.7. The number of hydrogen-bond donors (Lipinski definition) is 3. The molecule has 1 spiro atoms. The lowest BCUT2D eigenvalue weighted by Crippen LogP contribution is -2.44. The number of nitrogens with zero attached hydrogens (tertiary/aromatic N) is 4. The second kappa shape index (κ2) is 9.46. The largest absolute Gasteiger partial charge is 0.471 e. The molecule has 0 saturated carbocycles. The molecule has 4 aromatic rings. The Hall–Kier alpha value is -3.44. The molecule has 2 aliphatic heterocycles. The number of carbonyl (C=O) groups is 1. The van der Waals surface area contributed by atoms with Crippen LogP contribution >= 0.6 is 23.2 Å². The van der Waals surface area contributed by atoms with Crippen LogP contribution in [0, 0.1) is 0 Å². The van der Waals surface area contributed by atoms with Crippen molar-refractivity contribution < 1.29 is 14.3 Å². The van der Waals surface area contributed by atoms with Crippen molar-refractivity contribution in [1.29, 1.82) is 0 Å². The number of benzene rings is 1. The minimum Gasteiger partial charge on any atom is -0.471 e. The molecular weight excluding hydrogens is 517 g/mol. The molecule has 12 heteroatoms. The Balaban J connectivity index is 1.24. The number of pyridine rings is 2. The molecular formula is C25H23Cl2N7O3. The number of anilines is 1. The van der Waals surface area contributed by atoms with E-state index in [1.165, 1.54) is 12.4 Å². The third-order valence-corrected chi connectivity index (χ3v) is 7.36. The lowest BCUT2D eigenvalue weighted by molar-refractivity contribution is 0.0316. The van der Waals surface area contributed by atoms with Crippen LogP contribution in [0.15, 0.2) is 48.9 Å². The Morgan fingerprint density at radius 2 is 1.89 bits per heavy atom. The number of nitrogens with one attached hydrogen (secondary N) is 2. The van der Waals surface area contributed by atoms with E-state index in [1.54, 1.807) is 23.2 Å². The number of aromatic nitrogens is 4. The number of amides is 1.